The molecule has 0 radical (unpaired) electrons. The fourth-order valence-corrected chi connectivity index (χ4v) is 6.88. The van der Waals surface area contributed by atoms with Crippen molar-refractivity contribution in [3.63, 3.8) is 0 Å². The van der Waals surface area contributed by atoms with Gasteiger partial charge < -0.3 is 20.8 Å². The molecule has 13 nitrogen and oxygen atoms in total. The highest BCUT2D eigenvalue weighted by Crippen LogP contribution is 2.30. The fourth-order valence-electron chi connectivity index (χ4n) is 5.17. The maximum absolute atomic E-state index is 12.6. The summed E-state index contributed by atoms with van der Waals surface area (Å²) in [6.45, 7) is 5.53. The van der Waals surface area contributed by atoms with Gasteiger partial charge in [-0.25, -0.2) is 15.8 Å². The van der Waals surface area contributed by atoms with Crippen LogP contribution in [0.1, 0.15) is 55.2 Å². The number of pyridine rings is 2. The lowest BCUT2D eigenvalue weighted by molar-refractivity contribution is -0.116. The summed E-state index contributed by atoms with van der Waals surface area (Å²) in [6, 6.07) is 29.0. The van der Waals surface area contributed by atoms with Crippen molar-refractivity contribution in [1.82, 2.24) is 20.6 Å². The van der Waals surface area contributed by atoms with Gasteiger partial charge in [0.15, 0.2) is 6.29 Å². The summed E-state index contributed by atoms with van der Waals surface area (Å²) in [4.78, 5) is 44.9. The quantitative estimate of drug-likeness (QED) is 0.0140. The van der Waals surface area contributed by atoms with Crippen molar-refractivity contribution in [1.29, 1.82) is 0 Å². The monoisotopic (exact) mass is 796 g/mol. The van der Waals surface area contributed by atoms with Gasteiger partial charge in [-0.1, -0.05) is 66.7 Å². The molecule has 2 heterocycles. The van der Waals surface area contributed by atoms with E-state index in [1.165, 1.54) is 58.1 Å². The molecular formula is C41H44N6O7S2. The molecule has 15 heteroatoms. The molecule has 292 valence electrons. The summed E-state index contributed by atoms with van der Waals surface area (Å²) in [5.74, 6) is 6.60. The molecule has 0 aliphatic rings. The second-order valence-electron chi connectivity index (χ2n) is 12.2. The largest absolute Gasteiger partial charge is 0.491 e. The van der Waals surface area contributed by atoms with Crippen molar-refractivity contribution < 1.29 is 32.1 Å². The number of nitrogens with two attached hydrogens (primary N) is 1. The van der Waals surface area contributed by atoms with E-state index in [1.807, 2.05) is 30.3 Å². The number of anilines is 1. The normalized spacial score (nSPS) is 10.9. The number of ether oxygens (including phenoxy) is 1. The Morgan fingerprint density at radius 2 is 1.61 bits per heavy atom. The molecule has 2 amide bonds. The molecule has 0 aliphatic carbocycles. The van der Waals surface area contributed by atoms with Crippen LogP contribution in [-0.2, 0) is 27.1 Å². The number of aryl methyl sites for hydroxylation is 2. The van der Waals surface area contributed by atoms with E-state index in [4.69, 9.17) is 20.1 Å². The van der Waals surface area contributed by atoms with Crippen LogP contribution in [0.25, 0.3) is 6.08 Å². The van der Waals surface area contributed by atoms with E-state index in [0.29, 0.717) is 61.0 Å². The number of carbonyl (C=O) groups excluding carboxylic acids is 3. The molecule has 56 heavy (non-hydrogen) atoms. The summed E-state index contributed by atoms with van der Waals surface area (Å²) in [6.07, 6.45) is 6.31. The minimum absolute atomic E-state index is 0.0417. The maximum Gasteiger partial charge on any atom is 0.295 e. The van der Waals surface area contributed by atoms with Crippen LogP contribution in [0.15, 0.2) is 119 Å². The summed E-state index contributed by atoms with van der Waals surface area (Å²) in [5.41, 5.74) is 7.97. The van der Waals surface area contributed by atoms with E-state index >= 15 is 0 Å². The Labute approximate surface area is 330 Å². The third-order valence-electron chi connectivity index (χ3n) is 8.04. The highest BCUT2D eigenvalue weighted by Gasteiger charge is 2.13. The van der Waals surface area contributed by atoms with Crippen LogP contribution >= 0.6 is 11.8 Å². The zero-order valence-corrected chi connectivity index (χ0v) is 32.6. The molecular weight excluding hydrogens is 753 g/mol. The van der Waals surface area contributed by atoms with Crippen LogP contribution in [0, 0.1) is 13.8 Å². The topological polar surface area (TPSA) is 203 Å². The molecule has 2 aromatic heterocycles. The van der Waals surface area contributed by atoms with Gasteiger partial charge in [-0.05, 0) is 73.4 Å². The predicted molar refractivity (Wildman–Crippen MR) is 218 cm³/mol. The molecule has 0 fully saturated rings. The third-order valence-corrected chi connectivity index (χ3v) is 10.3. The number of benzene rings is 3. The fraction of sp³-hybridized carbons (Fsp3) is 0.195. The van der Waals surface area contributed by atoms with E-state index in [-0.39, 0.29) is 22.3 Å². The smallest absolute Gasteiger partial charge is 0.295 e. The third kappa shape index (κ3) is 13.8. The van der Waals surface area contributed by atoms with Gasteiger partial charge in [-0.2, -0.15) is 8.42 Å². The Hall–Kier alpha value is -5.87. The van der Waals surface area contributed by atoms with Crippen LogP contribution in [0.2, 0.25) is 0 Å². The number of rotatable bonds is 17. The van der Waals surface area contributed by atoms with E-state index in [0.717, 1.165) is 12.1 Å². The summed E-state index contributed by atoms with van der Waals surface area (Å²) >= 11 is 1.75. The Morgan fingerprint density at radius 3 is 2.27 bits per heavy atom. The number of hydrogen-bond acceptors (Lipinski definition) is 11. The van der Waals surface area contributed by atoms with Gasteiger partial charge in [-0.3, -0.25) is 18.9 Å². The number of nitrogen functional groups attached to an aromatic ring is 1. The lowest BCUT2D eigenvalue weighted by Crippen LogP contribution is -2.29. The molecule has 0 bridgehead atoms. The van der Waals surface area contributed by atoms with E-state index < -0.39 is 10.1 Å². The van der Waals surface area contributed by atoms with Gasteiger partial charge in [0.05, 0.1) is 17.9 Å². The standard InChI is InChI=1S/C34H38N6O3S.C7H6O4S/c1-24-8-6-9-25(2)33(24)44-23-28-13-15-30(43-21-18-26-10-4-3-5-11-26)29(39-28)14-17-32(41)36-19-7-20-37-34(42)27-12-16-31(40-35)38-22-27;8-5-6-3-1-2-4-7(6)12(9,10)11/h3-6,8-17,22H,7,18-21,23,35H2,1-2H3,(H,36,41)(H,37,42)(H,38,40);1-5H,(H,9,10,11)/b17-14+;. The Balaban J connectivity index is 0.000000494. The molecule has 3 aromatic carbocycles. The molecule has 6 N–H and O–H groups in total. The lowest BCUT2D eigenvalue weighted by Gasteiger charge is -2.12. The molecule has 0 aliphatic heterocycles. The predicted octanol–water partition coefficient (Wildman–Crippen LogP) is 5.99. The molecule has 0 saturated heterocycles. The molecule has 0 saturated carbocycles. The van der Waals surface area contributed by atoms with Crippen molar-refractivity contribution >= 4 is 51.9 Å². The van der Waals surface area contributed by atoms with Crippen LogP contribution in [0.5, 0.6) is 5.75 Å². The first-order chi connectivity index (χ1) is 27.0. The second-order valence-corrected chi connectivity index (χ2v) is 14.6. The van der Waals surface area contributed by atoms with Gasteiger partial charge in [0.2, 0.25) is 5.91 Å². The summed E-state index contributed by atoms with van der Waals surface area (Å²) in [7, 11) is -4.28. The van der Waals surface area contributed by atoms with Crippen molar-refractivity contribution in [2.75, 3.05) is 25.1 Å². The van der Waals surface area contributed by atoms with Crippen molar-refractivity contribution in [3.05, 3.63) is 149 Å². The number of thioether (sulfide) groups is 1. The first-order valence-electron chi connectivity index (χ1n) is 17.5. The highest BCUT2D eigenvalue weighted by atomic mass is 32.2. The van der Waals surface area contributed by atoms with E-state index in [1.54, 1.807) is 30.0 Å². The molecule has 5 rings (SSSR count). The number of aromatic nitrogens is 2. The first-order valence-corrected chi connectivity index (χ1v) is 19.9. The van der Waals surface area contributed by atoms with Gasteiger partial charge >= 0.3 is 0 Å². The minimum atomic E-state index is -4.28. The van der Waals surface area contributed by atoms with Crippen molar-refractivity contribution in [2.24, 2.45) is 5.84 Å². The van der Waals surface area contributed by atoms with E-state index in [2.05, 4.69) is 65.2 Å². The van der Waals surface area contributed by atoms with Crippen molar-refractivity contribution in [2.45, 2.75) is 42.2 Å². The van der Waals surface area contributed by atoms with Crippen LogP contribution in [0.4, 0.5) is 5.82 Å². The average Bonchev–Trinajstić information content (AvgIpc) is 3.20. The lowest BCUT2D eigenvalue weighted by atomic mass is 10.2. The minimum Gasteiger partial charge on any atom is -0.491 e. The van der Waals surface area contributed by atoms with Crippen LogP contribution in [-0.4, -0.2) is 60.7 Å². The van der Waals surface area contributed by atoms with Gasteiger partial charge in [0, 0.05) is 48.0 Å². The number of hydrogen-bond donors (Lipinski definition) is 5. The summed E-state index contributed by atoms with van der Waals surface area (Å²) in [5, 5.41) is 5.67. The Morgan fingerprint density at radius 1 is 0.893 bits per heavy atom. The second kappa shape index (κ2) is 21.9. The number of nitrogens with one attached hydrogen (secondary N) is 3. The zero-order valence-electron chi connectivity index (χ0n) is 31.0. The number of carbonyl (C=O) groups is 3. The average molecular weight is 797 g/mol. The Bertz CT molecular complexity index is 2200. The zero-order chi connectivity index (χ0) is 40.3. The van der Waals surface area contributed by atoms with E-state index in [9.17, 15) is 22.8 Å². The Kier molecular flexibility index (Phi) is 16.7. The molecule has 5 aromatic rings. The maximum atomic E-state index is 12.6. The summed E-state index contributed by atoms with van der Waals surface area (Å²) < 4.78 is 35.9. The molecule has 0 atom stereocenters. The SMILES string of the molecule is Cc1cccc(C)c1SCc1ccc(OCCc2ccccc2)c(/C=C/C(=O)NCCCNC(=O)c2ccc(NN)nc2)n1.O=Cc1ccccc1S(=O)(=O)O. The number of hydrazine groups is 1. The van der Waals surface area contributed by atoms with Gasteiger partial charge in [-0.15, -0.1) is 11.8 Å². The first kappa shape index (κ1) is 42.9. The molecule has 0 unspecified atom stereocenters. The highest BCUT2D eigenvalue weighted by molar-refractivity contribution is 7.98. The van der Waals surface area contributed by atoms with Crippen LogP contribution in [0.3, 0.4) is 0 Å². The molecule has 0 spiro atoms. The van der Waals surface area contributed by atoms with Gasteiger partial charge in [0.1, 0.15) is 22.2 Å². The van der Waals surface area contributed by atoms with Crippen LogP contribution < -0.4 is 26.6 Å². The van der Waals surface area contributed by atoms with Gasteiger partial charge in [0.25, 0.3) is 16.0 Å². The van der Waals surface area contributed by atoms with Crippen molar-refractivity contribution in [3.8, 4) is 5.75 Å². The number of amides is 2. The number of aldehydes is 1. The number of nitrogens with zero attached hydrogens (tertiary/aromatic N) is 2.